The van der Waals surface area contributed by atoms with E-state index >= 15 is 0 Å². The molecule has 2 amide bonds. The van der Waals surface area contributed by atoms with Gasteiger partial charge in [0.15, 0.2) is 0 Å². The molecule has 5 aliphatic heterocycles. The zero-order valence-corrected chi connectivity index (χ0v) is 28.1. The number of carbonyl (C=O) groups is 3. The molecule has 252 valence electrons. The van der Waals surface area contributed by atoms with Crippen LogP contribution in [0.1, 0.15) is 82.3 Å². The van der Waals surface area contributed by atoms with Crippen LogP contribution in [0.15, 0.2) is 60.7 Å². The molecule has 9 nitrogen and oxygen atoms in total. The molecule has 2 aromatic carbocycles. The SMILES string of the molecule is CC(OC(=O)CCCC[C@@H]1SC[C@@H]2NC(=O)N[C@@H]21)OC(C(=O)OC1CC2CCC(C1)[N+]21CCCC1)(c1ccccc1)c1ccccc1. The molecule has 0 aromatic heterocycles. The molecule has 7 rings (SSSR count). The fourth-order valence-electron chi connectivity index (χ4n) is 9.25. The van der Waals surface area contributed by atoms with Crippen LogP contribution in [-0.4, -0.2) is 83.1 Å². The minimum Gasteiger partial charge on any atom is -0.459 e. The zero-order valence-electron chi connectivity index (χ0n) is 27.3. The maximum absolute atomic E-state index is 14.6. The van der Waals surface area contributed by atoms with Crippen molar-refractivity contribution in [2.24, 2.45) is 0 Å². The van der Waals surface area contributed by atoms with Crippen LogP contribution in [-0.2, 0) is 29.4 Å². The fraction of sp³-hybridized carbons (Fsp3) is 0.595. The van der Waals surface area contributed by atoms with Crippen molar-refractivity contribution < 1.29 is 33.1 Å². The number of ether oxygens (including phenoxy) is 3. The number of nitrogens with one attached hydrogen (secondary N) is 2. The van der Waals surface area contributed by atoms with E-state index < -0.39 is 17.9 Å². The summed E-state index contributed by atoms with van der Waals surface area (Å²) in [7, 11) is 0. The molecule has 1 spiro atoms. The van der Waals surface area contributed by atoms with Crippen molar-refractivity contribution in [3.63, 3.8) is 0 Å². The first-order valence-electron chi connectivity index (χ1n) is 17.6. The van der Waals surface area contributed by atoms with Crippen LogP contribution < -0.4 is 10.6 Å². The summed E-state index contributed by atoms with van der Waals surface area (Å²) in [5.41, 5.74) is -0.321. The third-order valence-corrected chi connectivity index (χ3v) is 12.9. The number of benzene rings is 2. The molecule has 10 heteroatoms. The number of fused-ring (bicyclic) bond motifs is 1. The Balaban J connectivity index is 1.03. The molecule has 6 atom stereocenters. The molecular weight excluding hydrogens is 614 g/mol. The molecule has 47 heavy (non-hydrogen) atoms. The largest absolute Gasteiger partial charge is 0.459 e. The molecule has 5 heterocycles. The van der Waals surface area contributed by atoms with Crippen LogP contribution in [0.4, 0.5) is 4.79 Å². The van der Waals surface area contributed by atoms with Crippen molar-refractivity contribution in [3.8, 4) is 0 Å². The van der Waals surface area contributed by atoms with Gasteiger partial charge in [0.05, 0.1) is 37.3 Å². The quantitative estimate of drug-likeness (QED) is 0.103. The lowest BCUT2D eigenvalue weighted by Crippen LogP contribution is -2.60. The summed E-state index contributed by atoms with van der Waals surface area (Å²) >= 11 is 1.87. The van der Waals surface area contributed by atoms with E-state index in [4.69, 9.17) is 14.2 Å². The highest BCUT2D eigenvalue weighted by atomic mass is 32.2. The normalized spacial score (nSPS) is 29.6. The number of rotatable bonds is 12. The number of amides is 2. The Hall–Kier alpha value is -3.08. The monoisotopic (exact) mass is 662 g/mol. The Morgan fingerprint density at radius 2 is 1.57 bits per heavy atom. The molecule has 0 saturated carbocycles. The summed E-state index contributed by atoms with van der Waals surface area (Å²) in [4.78, 5) is 39.3. The van der Waals surface area contributed by atoms with Crippen molar-refractivity contribution in [1.82, 2.24) is 10.6 Å². The van der Waals surface area contributed by atoms with Crippen LogP contribution in [0.2, 0.25) is 0 Å². The van der Waals surface area contributed by atoms with Gasteiger partial charge >= 0.3 is 18.0 Å². The zero-order chi connectivity index (χ0) is 32.4. The number of piperidine rings is 1. The van der Waals surface area contributed by atoms with Crippen molar-refractivity contribution in [2.45, 2.75) is 119 Å². The summed E-state index contributed by atoms with van der Waals surface area (Å²) in [5.74, 6) is 0.0926. The van der Waals surface area contributed by atoms with Gasteiger partial charge in [-0.15, -0.1) is 0 Å². The molecular formula is C37H48N3O6S+. The predicted molar refractivity (Wildman–Crippen MR) is 179 cm³/mol. The maximum Gasteiger partial charge on any atom is 0.348 e. The number of urea groups is 1. The van der Waals surface area contributed by atoms with E-state index in [-0.39, 0.29) is 36.6 Å². The molecule has 5 fully saturated rings. The lowest BCUT2D eigenvalue weighted by molar-refractivity contribution is -0.956. The number of unbranched alkanes of at least 4 members (excludes halogenated alkanes) is 1. The molecule has 0 aliphatic carbocycles. The summed E-state index contributed by atoms with van der Waals surface area (Å²) in [5, 5.41) is 6.35. The van der Waals surface area contributed by atoms with Crippen molar-refractivity contribution >= 4 is 29.7 Å². The number of hydrogen-bond donors (Lipinski definition) is 2. The van der Waals surface area contributed by atoms with Crippen LogP contribution in [0, 0.1) is 0 Å². The third kappa shape index (κ3) is 6.41. The second-order valence-corrected chi connectivity index (χ2v) is 15.4. The smallest absolute Gasteiger partial charge is 0.348 e. The molecule has 3 unspecified atom stereocenters. The van der Waals surface area contributed by atoms with E-state index in [0.717, 1.165) is 31.4 Å². The topological polar surface area (TPSA) is 103 Å². The van der Waals surface area contributed by atoms with Crippen LogP contribution in [0.5, 0.6) is 0 Å². The lowest BCUT2D eigenvalue weighted by Gasteiger charge is -2.47. The third-order valence-electron chi connectivity index (χ3n) is 11.4. The Labute approximate surface area is 282 Å². The van der Waals surface area contributed by atoms with Gasteiger partial charge in [-0.1, -0.05) is 67.1 Å². The van der Waals surface area contributed by atoms with Gasteiger partial charge in [0, 0.05) is 55.9 Å². The van der Waals surface area contributed by atoms with Gasteiger partial charge in [0.25, 0.3) is 0 Å². The first-order chi connectivity index (χ1) is 22.9. The van der Waals surface area contributed by atoms with Crippen LogP contribution >= 0.6 is 11.8 Å². The van der Waals surface area contributed by atoms with E-state index in [1.807, 2.05) is 72.4 Å². The fourth-order valence-corrected chi connectivity index (χ4v) is 10.8. The Bertz CT molecular complexity index is 1360. The van der Waals surface area contributed by atoms with E-state index in [9.17, 15) is 14.4 Å². The van der Waals surface area contributed by atoms with Gasteiger partial charge in [-0.25, -0.2) is 9.59 Å². The Kier molecular flexibility index (Phi) is 9.53. The molecule has 5 aliphatic rings. The number of hydrogen-bond acceptors (Lipinski definition) is 7. The Morgan fingerprint density at radius 1 is 0.936 bits per heavy atom. The number of nitrogens with zero attached hydrogens (tertiary/aromatic N) is 1. The van der Waals surface area contributed by atoms with Gasteiger partial charge in [-0.3, -0.25) is 4.79 Å². The highest BCUT2D eigenvalue weighted by molar-refractivity contribution is 8.00. The van der Waals surface area contributed by atoms with Gasteiger partial charge in [-0.2, -0.15) is 11.8 Å². The van der Waals surface area contributed by atoms with E-state index in [2.05, 4.69) is 10.6 Å². The number of esters is 2. The highest BCUT2D eigenvalue weighted by Gasteiger charge is 2.57. The van der Waals surface area contributed by atoms with Gasteiger partial charge < -0.3 is 29.3 Å². The predicted octanol–water partition coefficient (Wildman–Crippen LogP) is 5.41. The highest BCUT2D eigenvalue weighted by Crippen LogP contribution is 2.47. The average Bonchev–Trinajstić information content (AvgIpc) is 3.83. The van der Waals surface area contributed by atoms with Crippen molar-refractivity contribution in [1.29, 1.82) is 0 Å². The lowest BCUT2D eigenvalue weighted by atomic mass is 9.85. The van der Waals surface area contributed by atoms with Crippen LogP contribution in [0.3, 0.4) is 0 Å². The average molecular weight is 663 g/mol. The molecule has 5 saturated heterocycles. The minimum absolute atomic E-state index is 0.0867. The van der Waals surface area contributed by atoms with Crippen molar-refractivity contribution in [3.05, 3.63) is 71.8 Å². The number of carbonyl (C=O) groups excluding carboxylic acids is 3. The number of thioether (sulfide) groups is 1. The summed E-state index contributed by atoms with van der Waals surface area (Å²) in [6, 6.07) is 20.3. The second kappa shape index (κ2) is 13.8. The standard InChI is InChI=1S/C37H47N3O6S/c1-25(44-33(41)17-9-8-16-32-34-31(24-47-32)38-36(43)39-34)46-37(26-12-4-2-5-13-26,27-14-6-3-7-15-27)35(42)45-30-22-28-18-19-29(23-30)40(28)20-10-11-21-40/h2-7,12-15,25,28-32,34H,8-11,16-24H2,1H3,(H-,38,39,43)/p+1/t25?,28?,29?,30?,31-,32-,34-/m0/s1. The second-order valence-electron chi connectivity index (χ2n) is 14.1. The van der Waals surface area contributed by atoms with Gasteiger partial charge in [0.1, 0.15) is 6.10 Å². The summed E-state index contributed by atoms with van der Waals surface area (Å²) < 4.78 is 20.1. The van der Waals surface area contributed by atoms with Gasteiger partial charge in [0.2, 0.25) is 11.9 Å². The first-order valence-corrected chi connectivity index (χ1v) is 18.7. The first kappa shape index (κ1) is 32.5. The van der Waals surface area contributed by atoms with E-state index in [1.165, 1.54) is 43.3 Å². The van der Waals surface area contributed by atoms with Gasteiger partial charge in [-0.05, 0) is 30.9 Å². The van der Waals surface area contributed by atoms with E-state index in [1.54, 1.807) is 6.92 Å². The molecule has 0 radical (unpaired) electrons. The maximum atomic E-state index is 14.6. The molecule has 2 aromatic rings. The van der Waals surface area contributed by atoms with Crippen molar-refractivity contribution in [2.75, 3.05) is 18.8 Å². The molecule has 2 N–H and O–H groups in total. The molecule has 2 bridgehead atoms. The summed E-state index contributed by atoms with van der Waals surface area (Å²) in [6.07, 6.45) is 8.32. The Morgan fingerprint density at radius 3 is 2.21 bits per heavy atom. The minimum atomic E-state index is -1.60. The van der Waals surface area contributed by atoms with Crippen LogP contribution in [0.25, 0.3) is 0 Å². The number of quaternary nitrogens is 1. The summed E-state index contributed by atoms with van der Waals surface area (Å²) in [6.45, 7) is 4.20. The van der Waals surface area contributed by atoms with E-state index in [0.29, 0.717) is 34.9 Å².